The largest absolute Gasteiger partial charge is 0.480 e. The van der Waals surface area contributed by atoms with Crippen LogP contribution in [0.15, 0.2) is 0 Å². The zero-order valence-corrected chi connectivity index (χ0v) is 12.6. The van der Waals surface area contributed by atoms with Crippen LogP contribution >= 0.6 is 0 Å². The van der Waals surface area contributed by atoms with E-state index in [1.165, 1.54) is 25.7 Å². The lowest BCUT2D eigenvalue weighted by Crippen LogP contribution is -2.52. The molecule has 1 heterocycles. The van der Waals surface area contributed by atoms with Crippen molar-refractivity contribution in [3.8, 4) is 0 Å². The summed E-state index contributed by atoms with van der Waals surface area (Å²) in [6.07, 6.45) is 10.4. The summed E-state index contributed by atoms with van der Waals surface area (Å²) in [5, 5.41) is 9.44. The molecule has 0 unspecified atom stereocenters. The Morgan fingerprint density at radius 2 is 1.55 bits per heavy atom. The second kappa shape index (κ2) is 6.59. The van der Waals surface area contributed by atoms with Crippen molar-refractivity contribution < 1.29 is 14.7 Å². The standard InChI is InChI=1S/C16H27NO3/c1-16(15(19)20)11-8-12-17(16)14(18)13-9-6-4-2-3-5-7-10-13/h13H,2-12H2,1H3,(H,19,20)/t16-/m0/s1. The predicted octanol–water partition coefficient (Wildman–Crippen LogP) is 3.20. The fraction of sp³-hybridized carbons (Fsp3) is 0.875. The van der Waals surface area contributed by atoms with Gasteiger partial charge < -0.3 is 10.0 Å². The molecule has 4 nitrogen and oxygen atoms in total. The van der Waals surface area contributed by atoms with Crippen LogP contribution in [0.2, 0.25) is 0 Å². The molecule has 20 heavy (non-hydrogen) atoms. The molecular weight excluding hydrogens is 254 g/mol. The molecular formula is C16H27NO3. The quantitative estimate of drug-likeness (QED) is 0.845. The average molecular weight is 281 g/mol. The van der Waals surface area contributed by atoms with Crippen LogP contribution in [-0.2, 0) is 9.59 Å². The molecule has 114 valence electrons. The second-order valence-corrected chi connectivity index (χ2v) is 6.57. The fourth-order valence-corrected chi connectivity index (χ4v) is 3.64. The van der Waals surface area contributed by atoms with Gasteiger partial charge in [0.2, 0.25) is 5.91 Å². The molecule has 1 aliphatic carbocycles. The Morgan fingerprint density at radius 3 is 2.10 bits per heavy atom. The van der Waals surface area contributed by atoms with Crippen molar-refractivity contribution in [2.45, 2.75) is 76.7 Å². The number of hydrogen-bond acceptors (Lipinski definition) is 2. The van der Waals surface area contributed by atoms with Gasteiger partial charge in [-0.15, -0.1) is 0 Å². The van der Waals surface area contributed by atoms with E-state index in [1.54, 1.807) is 11.8 Å². The molecule has 0 aromatic carbocycles. The summed E-state index contributed by atoms with van der Waals surface area (Å²) < 4.78 is 0. The van der Waals surface area contributed by atoms with Crippen LogP contribution in [-0.4, -0.2) is 34.0 Å². The van der Waals surface area contributed by atoms with Gasteiger partial charge in [0.15, 0.2) is 0 Å². The average Bonchev–Trinajstić information content (AvgIpc) is 2.86. The maximum Gasteiger partial charge on any atom is 0.329 e. The maximum absolute atomic E-state index is 12.8. The zero-order valence-electron chi connectivity index (χ0n) is 12.6. The molecule has 0 aromatic rings. The molecule has 1 aliphatic heterocycles. The maximum atomic E-state index is 12.8. The Hall–Kier alpha value is -1.06. The summed E-state index contributed by atoms with van der Waals surface area (Å²) in [4.78, 5) is 25.9. The van der Waals surface area contributed by atoms with Crippen LogP contribution in [0.1, 0.15) is 71.1 Å². The summed E-state index contributed by atoms with van der Waals surface area (Å²) in [6, 6.07) is 0. The lowest BCUT2D eigenvalue weighted by molar-refractivity contribution is -0.157. The van der Waals surface area contributed by atoms with Crippen LogP contribution in [0.5, 0.6) is 0 Å². The minimum Gasteiger partial charge on any atom is -0.480 e. The van der Waals surface area contributed by atoms with Gasteiger partial charge in [-0.25, -0.2) is 4.79 Å². The number of likely N-dealkylation sites (tertiary alicyclic amines) is 1. The molecule has 1 saturated carbocycles. The molecule has 1 N–H and O–H groups in total. The van der Waals surface area contributed by atoms with E-state index < -0.39 is 11.5 Å². The SMILES string of the molecule is C[C@@]1(C(=O)O)CCCN1C(=O)C1CCCCCCCC1. The van der Waals surface area contributed by atoms with E-state index in [4.69, 9.17) is 0 Å². The highest BCUT2D eigenvalue weighted by atomic mass is 16.4. The van der Waals surface area contributed by atoms with E-state index in [1.807, 2.05) is 0 Å². The van der Waals surface area contributed by atoms with Crippen molar-refractivity contribution >= 4 is 11.9 Å². The van der Waals surface area contributed by atoms with Gasteiger partial charge in [-0.05, 0) is 32.6 Å². The highest BCUT2D eigenvalue weighted by molar-refractivity contribution is 5.88. The van der Waals surface area contributed by atoms with Gasteiger partial charge in [-0.2, -0.15) is 0 Å². The van der Waals surface area contributed by atoms with Crippen LogP contribution in [0.3, 0.4) is 0 Å². The summed E-state index contributed by atoms with van der Waals surface area (Å²) in [7, 11) is 0. The number of aliphatic carboxylic acids is 1. The Morgan fingerprint density at radius 1 is 1.00 bits per heavy atom. The monoisotopic (exact) mass is 281 g/mol. The lowest BCUT2D eigenvalue weighted by atomic mass is 9.92. The third kappa shape index (κ3) is 3.15. The molecule has 1 saturated heterocycles. The molecule has 2 aliphatic rings. The van der Waals surface area contributed by atoms with Gasteiger partial charge in [-0.1, -0.05) is 38.5 Å². The summed E-state index contributed by atoms with van der Waals surface area (Å²) >= 11 is 0. The number of hydrogen-bond donors (Lipinski definition) is 1. The van der Waals surface area contributed by atoms with Crippen molar-refractivity contribution in [3.05, 3.63) is 0 Å². The first-order valence-electron chi connectivity index (χ1n) is 8.10. The molecule has 2 fully saturated rings. The molecule has 0 aromatic heterocycles. The first-order valence-corrected chi connectivity index (χ1v) is 8.10. The molecule has 0 radical (unpaired) electrons. The lowest BCUT2D eigenvalue weighted by Gasteiger charge is -2.34. The Labute approximate surface area is 121 Å². The topological polar surface area (TPSA) is 57.6 Å². The van der Waals surface area contributed by atoms with Gasteiger partial charge in [0.25, 0.3) is 0 Å². The van der Waals surface area contributed by atoms with E-state index in [2.05, 4.69) is 0 Å². The summed E-state index contributed by atoms with van der Waals surface area (Å²) in [5.41, 5.74) is -0.977. The molecule has 4 heteroatoms. The van der Waals surface area contributed by atoms with Crippen molar-refractivity contribution in [2.24, 2.45) is 5.92 Å². The summed E-state index contributed by atoms with van der Waals surface area (Å²) in [5.74, 6) is -0.717. The van der Waals surface area contributed by atoms with Crippen molar-refractivity contribution in [3.63, 3.8) is 0 Å². The van der Waals surface area contributed by atoms with Gasteiger partial charge in [0.1, 0.15) is 5.54 Å². The van der Waals surface area contributed by atoms with E-state index >= 15 is 0 Å². The van der Waals surface area contributed by atoms with E-state index in [0.717, 1.165) is 32.1 Å². The van der Waals surface area contributed by atoms with Crippen molar-refractivity contribution in [2.75, 3.05) is 6.54 Å². The third-order valence-electron chi connectivity index (χ3n) is 5.07. The second-order valence-electron chi connectivity index (χ2n) is 6.57. The van der Waals surface area contributed by atoms with E-state index in [0.29, 0.717) is 13.0 Å². The van der Waals surface area contributed by atoms with Crippen LogP contribution in [0.4, 0.5) is 0 Å². The van der Waals surface area contributed by atoms with Crippen LogP contribution < -0.4 is 0 Å². The third-order valence-corrected chi connectivity index (χ3v) is 5.07. The number of carboxylic acid groups (broad SMARTS) is 1. The van der Waals surface area contributed by atoms with Gasteiger partial charge in [0.05, 0.1) is 0 Å². The van der Waals surface area contributed by atoms with Gasteiger partial charge in [-0.3, -0.25) is 4.79 Å². The molecule has 0 spiro atoms. The first kappa shape index (κ1) is 15.3. The van der Waals surface area contributed by atoms with E-state index in [-0.39, 0.29) is 11.8 Å². The minimum absolute atomic E-state index is 0.0462. The zero-order chi connectivity index (χ0) is 14.6. The summed E-state index contributed by atoms with van der Waals surface area (Å²) in [6.45, 7) is 2.31. The molecule has 1 atom stereocenters. The Kier molecular flexibility index (Phi) is 5.06. The van der Waals surface area contributed by atoms with Crippen molar-refractivity contribution in [1.29, 1.82) is 0 Å². The number of rotatable bonds is 2. The first-order chi connectivity index (χ1) is 9.55. The van der Waals surface area contributed by atoms with Gasteiger partial charge >= 0.3 is 5.97 Å². The molecule has 2 rings (SSSR count). The van der Waals surface area contributed by atoms with Crippen LogP contribution in [0.25, 0.3) is 0 Å². The molecule has 0 bridgehead atoms. The highest BCUT2D eigenvalue weighted by Gasteiger charge is 2.47. The van der Waals surface area contributed by atoms with E-state index in [9.17, 15) is 14.7 Å². The van der Waals surface area contributed by atoms with Crippen LogP contribution in [0, 0.1) is 5.92 Å². The Bertz CT molecular complexity index is 359. The predicted molar refractivity (Wildman–Crippen MR) is 77.4 cm³/mol. The number of carbonyl (C=O) groups excluding carboxylic acids is 1. The number of carbonyl (C=O) groups is 2. The normalized spacial score (nSPS) is 29.6. The smallest absolute Gasteiger partial charge is 0.329 e. The highest BCUT2D eigenvalue weighted by Crippen LogP contribution is 2.33. The number of amides is 1. The minimum atomic E-state index is -0.977. The molecule has 1 amide bonds. The number of carboxylic acids is 1. The number of nitrogens with zero attached hydrogens (tertiary/aromatic N) is 1. The Balaban J connectivity index is 2.06. The fourth-order valence-electron chi connectivity index (χ4n) is 3.64. The van der Waals surface area contributed by atoms with Crippen molar-refractivity contribution in [1.82, 2.24) is 4.90 Å². The van der Waals surface area contributed by atoms with Gasteiger partial charge in [0, 0.05) is 12.5 Å².